The van der Waals surface area contributed by atoms with E-state index in [-0.39, 0.29) is 30.9 Å². The monoisotopic (exact) mass is 565 g/mol. The number of nitrogens with zero attached hydrogens (tertiary/aromatic N) is 1. The molecule has 39 heavy (non-hydrogen) atoms. The van der Waals surface area contributed by atoms with Gasteiger partial charge in [0.15, 0.2) is 0 Å². The highest BCUT2D eigenvalue weighted by Gasteiger charge is 2.42. The Morgan fingerprint density at radius 1 is 1.00 bits per heavy atom. The molecule has 9 heteroatoms. The van der Waals surface area contributed by atoms with E-state index in [1.807, 2.05) is 78.8 Å². The smallest absolute Gasteiger partial charge is 0.342 e. The van der Waals surface area contributed by atoms with E-state index in [9.17, 15) is 14.2 Å². The van der Waals surface area contributed by atoms with Gasteiger partial charge in [-0.1, -0.05) is 84.9 Å². The van der Waals surface area contributed by atoms with E-state index in [0.29, 0.717) is 5.31 Å². The zero-order valence-corrected chi connectivity index (χ0v) is 27.0. The van der Waals surface area contributed by atoms with Crippen molar-refractivity contribution in [2.24, 2.45) is 11.3 Å². The number of carbonyl (C=O) groups excluding carboxylic acids is 2. The summed E-state index contributed by atoms with van der Waals surface area (Å²) in [4.78, 5) is 29.4. The van der Waals surface area contributed by atoms with Gasteiger partial charge in [-0.25, -0.2) is 0 Å². The number of rotatable bonds is 14. The number of carbonyl (C=O) groups is 2. The zero-order chi connectivity index (χ0) is 30.2. The highest BCUT2D eigenvalue weighted by atomic mass is 31.2. The minimum absolute atomic E-state index is 0.00370. The molecule has 222 valence electrons. The van der Waals surface area contributed by atoms with Crippen molar-refractivity contribution >= 4 is 19.4 Å². The van der Waals surface area contributed by atoms with Crippen LogP contribution in [0.15, 0.2) is 41.7 Å². The first-order chi connectivity index (χ1) is 18.0. The molecule has 1 aromatic rings. The molecular formula is C30H52N3O5P. The van der Waals surface area contributed by atoms with Gasteiger partial charge in [-0.05, 0) is 44.7 Å². The van der Waals surface area contributed by atoms with Gasteiger partial charge in [-0.15, -0.1) is 0 Å². The number of hydrogen-bond acceptors (Lipinski definition) is 6. The fourth-order valence-electron chi connectivity index (χ4n) is 4.75. The van der Waals surface area contributed by atoms with Crippen molar-refractivity contribution in [1.29, 1.82) is 0 Å². The van der Waals surface area contributed by atoms with Gasteiger partial charge >= 0.3 is 7.60 Å². The van der Waals surface area contributed by atoms with E-state index >= 15 is 0 Å². The van der Waals surface area contributed by atoms with Crippen molar-refractivity contribution in [3.8, 4) is 0 Å². The molecule has 0 fully saturated rings. The lowest BCUT2D eigenvalue weighted by Crippen LogP contribution is -2.61. The largest absolute Gasteiger partial charge is 0.356 e. The fourth-order valence-corrected chi connectivity index (χ4v) is 6.25. The molecule has 2 N–H and O–H groups in total. The van der Waals surface area contributed by atoms with E-state index in [2.05, 4.69) is 10.6 Å². The Bertz CT molecular complexity index is 1010. The van der Waals surface area contributed by atoms with Crippen molar-refractivity contribution in [2.45, 2.75) is 92.8 Å². The highest BCUT2D eigenvalue weighted by molar-refractivity contribution is 7.58. The average molecular weight is 566 g/mol. The summed E-state index contributed by atoms with van der Waals surface area (Å²) in [6.45, 7) is 19.6. The first-order valence-corrected chi connectivity index (χ1v) is 15.4. The normalized spacial score (nSPS) is 15.6. The summed E-state index contributed by atoms with van der Waals surface area (Å²) in [6, 6.07) is 8.10. The van der Waals surface area contributed by atoms with Crippen LogP contribution in [-0.2, 0) is 28.6 Å². The number of allylic oxidation sites excluding steroid dienone is 1. The number of amides is 2. The summed E-state index contributed by atoms with van der Waals surface area (Å²) in [5.74, 6) is -0.476. The van der Waals surface area contributed by atoms with Crippen LogP contribution < -0.4 is 10.6 Å². The van der Waals surface area contributed by atoms with Crippen LogP contribution in [0.3, 0.4) is 0 Å². The third kappa shape index (κ3) is 9.01. The van der Waals surface area contributed by atoms with Crippen molar-refractivity contribution < 1.29 is 23.2 Å². The molecule has 0 aliphatic heterocycles. The molecule has 1 aromatic carbocycles. The zero-order valence-electron chi connectivity index (χ0n) is 26.1. The van der Waals surface area contributed by atoms with Gasteiger partial charge in [0.1, 0.15) is 6.04 Å². The Morgan fingerprint density at radius 2 is 1.51 bits per heavy atom. The Kier molecular flexibility index (Phi) is 13.1. The lowest BCUT2D eigenvalue weighted by molar-refractivity contribution is -0.140. The number of benzene rings is 1. The second-order valence-corrected chi connectivity index (χ2v) is 14.2. The SMILES string of the molecule is CCOP(=O)(OCC)C(C)=C[C@H](C(C)C)N(C)C(=O)[C@@H](NC(=O)[C@@H](NC)C(C)(C)c1ccccc1)C(C)(C)C. The summed E-state index contributed by atoms with van der Waals surface area (Å²) in [5.41, 5.74) is -0.0799. The minimum atomic E-state index is -3.47. The van der Waals surface area contributed by atoms with E-state index < -0.39 is 36.6 Å². The van der Waals surface area contributed by atoms with Gasteiger partial charge in [0, 0.05) is 17.8 Å². The van der Waals surface area contributed by atoms with Crippen molar-refractivity contribution in [1.82, 2.24) is 15.5 Å². The van der Waals surface area contributed by atoms with Gasteiger partial charge in [0.05, 0.1) is 25.3 Å². The minimum Gasteiger partial charge on any atom is -0.342 e. The number of likely N-dealkylation sites (N-methyl/N-ethyl adjacent to an activating group) is 2. The third-order valence-electron chi connectivity index (χ3n) is 7.11. The second kappa shape index (κ2) is 14.6. The second-order valence-electron chi connectivity index (χ2n) is 11.9. The standard InChI is InChI=1S/C30H52N3O5P/c1-13-37-39(36,38-14-2)22(5)20-24(21(3)4)33(12)28(35)26(29(6,7)8)32-27(34)25(31-11)30(9,10)23-18-16-15-17-19-23/h15-21,24-26,31H,13-14H2,1-12H3,(H,32,34)/t24-,25-,26-/m1/s1. The van der Waals surface area contributed by atoms with Crippen LogP contribution in [0.25, 0.3) is 0 Å². The first-order valence-electron chi connectivity index (χ1n) is 13.9. The molecule has 0 aliphatic rings. The molecule has 0 saturated carbocycles. The van der Waals surface area contributed by atoms with Gasteiger partial charge in [-0.2, -0.15) is 0 Å². The van der Waals surface area contributed by atoms with Crippen LogP contribution in [0.4, 0.5) is 0 Å². The quantitative estimate of drug-likeness (QED) is 0.280. The molecule has 3 atom stereocenters. The van der Waals surface area contributed by atoms with Crippen LogP contribution in [0.5, 0.6) is 0 Å². The van der Waals surface area contributed by atoms with Gasteiger partial charge < -0.3 is 24.6 Å². The lowest BCUT2D eigenvalue weighted by atomic mass is 9.76. The average Bonchev–Trinajstić information content (AvgIpc) is 2.85. The van der Waals surface area contributed by atoms with Crippen molar-refractivity contribution in [3.05, 3.63) is 47.3 Å². The summed E-state index contributed by atoms with van der Waals surface area (Å²) in [7, 11) is 0.00317. The molecule has 0 unspecified atom stereocenters. The highest BCUT2D eigenvalue weighted by Crippen LogP contribution is 2.56. The maximum absolute atomic E-state index is 14.0. The molecule has 2 amide bonds. The molecule has 0 spiro atoms. The summed E-state index contributed by atoms with van der Waals surface area (Å²) < 4.78 is 24.4. The number of nitrogens with one attached hydrogen (secondary N) is 2. The summed E-state index contributed by atoms with van der Waals surface area (Å²) in [5, 5.41) is 6.69. The molecule has 8 nitrogen and oxygen atoms in total. The molecule has 0 saturated heterocycles. The molecule has 0 bridgehead atoms. The maximum atomic E-state index is 14.0. The van der Waals surface area contributed by atoms with E-state index in [1.54, 1.807) is 45.8 Å². The molecule has 1 rings (SSSR count). The lowest BCUT2D eigenvalue weighted by Gasteiger charge is -2.40. The Morgan fingerprint density at radius 3 is 1.92 bits per heavy atom. The maximum Gasteiger partial charge on any atom is 0.356 e. The Balaban J connectivity index is 3.37. The fraction of sp³-hybridized carbons (Fsp3) is 0.667. The Hall–Kier alpha value is -1.99. The van der Waals surface area contributed by atoms with Crippen molar-refractivity contribution in [2.75, 3.05) is 27.3 Å². The number of hydrogen-bond donors (Lipinski definition) is 2. The molecule has 0 aliphatic carbocycles. The van der Waals surface area contributed by atoms with Crippen LogP contribution in [-0.4, -0.2) is 62.1 Å². The van der Waals surface area contributed by atoms with Gasteiger partial charge in [0.2, 0.25) is 11.8 Å². The first kappa shape index (κ1) is 35.0. The topological polar surface area (TPSA) is 97.0 Å². The van der Waals surface area contributed by atoms with Gasteiger partial charge in [-0.3, -0.25) is 14.2 Å². The molecule has 0 aromatic heterocycles. The van der Waals surface area contributed by atoms with E-state index in [0.717, 1.165) is 5.56 Å². The van der Waals surface area contributed by atoms with E-state index in [4.69, 9.17) is 9.05 Å². The van der Waals surface area contributed by atoms with Crippen LogP contribution in [0, 0.1) is 11.3 Å². The van der Waals surface area contributed by atoms with Crippen LogP contribution in [0.1, 0.15) is 74.8 Å². The summed E-state index contributed by atoms with van der Waals surface area (Å²) >= 11 is 0. The predicted molar refractivity (Wildman–Crippen MR) is 160 cm³/mol. The van der Waals surface area contributed by atoms with Crippen molar-refractivity contribution in [3.63, 3.8) is 0 Å². The van der Waals surface area contributed by atoms with Gasteiger partial charge in [0.25, 0.3) is 0 Å². The van der Waals surface area contributed by atoms with E-state index in [1.165, 1.54) is 0 Å². The molecule has 0 radical (unpaired) electrons. The predicted octanol–water partition coefficient (Wildman–Crippen LogP) is 5.74. The molecule has 0 heterocycles. The van der Waals surface area contributed by atoms with Crippen LogP contribution in [0.2, 0.25) is 0 Å². The van der Waals surface area contributed by atoms with Crippen LogP contribution >= 0.6 is 7.60 Å². The third-order valence-corrected chi connectivity index (χ3v) is 9.32. The summed E-state index contributed by atoms with van der Waals surface area (Å²) in [6.07, 6.45) is 1.80. The molecular weight excluding hydrogens is 513 g/mol. The Labute approximate surface area is 236 Å².